The number of hydrogen-bond donors (Lipinski definition) is 1. The molecule has 108 valence electrons. The fourth-order valence-corrected chi connectivity index (χ4v) is 1.66. The molecular weight excluding hydrogens is 257 g/mol. The molecule has 0 spiro atoms. The molecule has 1 aromatic carbocycles. The van der Waals surface area contributed by atoms with Gasteiger partial charge < -0.3 is 9.84 Å². The van der Waals surface area contributed by atoms with Crippen molar-refractivity contribution in [1.29, 1.82) is 0 Å². The second kappa shape index (κ2) is 6.91. The Balaban J connectivity index is 2.51. The van der Waals surface area contributed by atoms with Crippen molar-refractivity contribution >= 4 is 0 Å². The van der Waals surface area contributed by atoms with Crippen LogP contribution < -0.4 is 0 Å². The van der Waals surface area contributed by atoms with Crippen LogP contribution in [-0.4, -0.2) is 24.5 Å². The van der Waals surface area contributed by atoms with Crippen LogP contribution in [0.2, 0.25) is 0 Å². The molecule has 2 atom stereocenters. The SMILES string of the molecule is CCC(C)c1ccc(C(O)COCC(F)(F)F)cc1. The van der Waals surface area contributed by atoms with Crippen LogP contribution in [0.5, 0.6) is 0 Å². The van der Waals surface area contributed by atoms with Crippen molar-refractivity contribution in [3.8, 4) is 0 Å². The second-order valence-electron chi connectivity index (χ2n) is 4.62. The molecule has 0 fully saturated rings. The number of benzene rings is 1. The largest absolute Gasteiger partial charge is 0.411 e. The summed E-state index contributed by atoms with van der Waals surface area (Å²) in [6.07, 6.45) is -4.38. The lowest BCUT2D eigenvalue weighted by molar-refractivity contribution is -0.179. The predicted octanol–water partition coefficient (Wildman–Crippen LogP) is 3.81. The smallest absolute Gasteiger partial charge is 0.386 e. The molecule has 0 bridgehead atoms. The summed E-state index contributed by atoms with van der Waals surface area (Å²) in [5, 5.41) is 9.71. The summed E-state index contributed by atoms with van der Waals surface area (Å²) in [6.45, 7) is 2.48. The van der Waals surface area contributed by atoms with Gasteiger partial charge in [0.2, 0.25) is 0 Å². The molecule has 0 aliphatic rings. The van der Waals surface area contributed by atoms with E-state index in [1.54, 1.807) is 12.1 Å². The van der Waals surface area contributed by atoms with Gasteiger partial charge in [0.15, 0.2) is 0 Å². The van der Waals surface area contributed by atoms with Crippen molar-refractivity contribution in [2.45, 2.75) is 38.5 Å². The molecule has 0 aromatic heterocycles. The van der Waals surface area contributed by atoms with Crippen LogP contribution in [0.15, 0.2) is 24.3 Å². The van der Waals surface area contributed by atoms with Gasteiger partial charge in [-0.2, -0.15) is 13.2 Å². The number of aliphatic hydroxyl groups is 1. The van der Waals surface area contributed by atoms with Crippen LogP contribution >= 0.6 is 0 Å². The number of halogens is 3. The third-order valence-corrected chi connectivity index (χ3v) is 3.04. The highest BCUT2D eigenvalue weighted by Crippen LogP contribution is 2.22. The summed E-state index contributed by atoms with van der Waals surface area (Å²) >= 11 is 0. The van der Waals surface area contributed by atoms with Crippen LogP contribution in [0.25, 0.3) is 0 Å². The Labute approximate surface area is 111 Å². The van der Waals surface area contributed by atoms with Gasteiger partial charge in [-0.25, -0.2) is 0 Å². The first-order valence-corrected chi connectivity index (χ1v) is 6.26. The Hall–Kier alpha value is -1.07. The van der Waals surface area contributed by atoms with Gasteiger partial charge in [0.1, 0.15) is 12.7 Å². The molecule has 0 aliphatic heterocycles. The summed E-state index contributed by atoms with van der Waals surface area (Å²) in [5.74, 6) is 0.424. The Morgan fingerprint density at radius 2 is 1.68 bits per heavy atom. The summed E-state index contributed by atoms with van der Waals surface area (Å²) in [7, 11) is 0. The molecule has 1 N–H and O–H groups in total. The Kier molecular flexibility index (Phi) is 5.82. The molecule has 2 nitrogen and oxygen atoms in total. The number of hydrogen-bond acceptors (Lipinski definition) is 2. The molecule has 1 aromatic rings. The molecular formula is C14H19F3O2. The van der Waals surface area contributed by atoms with Crippen LogP contribution in [0.1, 0.15) is 43.4 Å². The minimum Gasteiger partial charge on any atom is -0.386 e. The molecule has 0 saturated heterocycles. The van der Waals surface area contributed by atoms with E-state index >= 15 is 0 Å². The number of alkyl halides is 3. The van der Waals surface area contributed by atoms with E-state index in [9.17, 15) is 18.3 Å². The van der Waals surface area contributed by atoms with Gasteiger partial charge in [0.25, 0.3) is 0 Å². The van der Waals surface area contributed by atoms with E-state index in [1.807, 2.05) is 12.1 Å². The maximum Gasteiger partial charge on any atom is 0.411 e. The molecule has 0 aliphatic carbocycles. The summed E-state index contributed by atoms with van der Waals surface area (Å²) in [6, 6.07) is 7.22. The second-order valence-corrected chi connectivity index (χ2v) is 4.62. The van der Waals surface area contributed by atoms with Crippen molar-refractivity contribution in [1.82, 2.24) is 0 Å². The average Bonchev–Trinajstić information content (AvgIpc) is 2.36. The molecule has 19 heavy (non-hydrogen) atoms. The Bertz CT molecular complexity index is 373. The fourth-order valence-electron chi connectivity index (χ4n) is 1.66. The third kappa shape index (κ3) is 5.61. The lowest BCUT2D eigenvalue weighted by Crippen LogP contribution is -2.19. The normalized spacial score (nSPS) is 15.3. The van der Waals surface area contributed by atoms with Gasteiger partial charge >= 0.3 is 6.18 Å². The molecule has 5 heteroatoms. The minimum absolute atomic E-state index is 0.359. The van der Waals surface area contributed by atoms with Crippen molar-refractivity contribution in [3.05, 3.63) is 35.4 Å². The highest BCUT2D eigenvalue weighted by molar-refractivity contribution is 5.26. The number of aliphatic hydroxyl groups excluding tert-OH is 1. The zero-order chi connectivity index (χ0) is 14.5. The first-order chi connectivity index (χ1) is 8.83. The van der Waals surface area contributed by atoms with Gasteiger partial charge in [0.05, 0.1) is 6.61 Å². The topological polar surface area (TPSA) is 29.5 Å². The lowest BCUT2D eigenvalue weighted by atomic mass is 9.97. The Morgan fingerprint density at radius 1 is 1.16 bits per heavy atom. The minimum atomic E-state index is -4.36. The standard InChI is InChI=1S/C14H19F3O2/c1-3-10(2)11-4-6-12(7-5-11)13(18)8-19-9-14(15,16)17/h4-7,10,13,18H,3,8-9H2,1-2H3. The quantitative estimate of drug-likeness (QED) is 0.856. The zero-order valence-electron chi connectivity index (χ0n) is 11.1. The highest BCUT2D eigenvalue weighted by Gasteiger charge is 2.27. The molecule has 0 radical (unpaired) electrons. The van der Waals surface area contributed by atoms with Crippen molar-refractivity contribution in [2.75, 3.05) is 13.2 Å². The van der Waals surface area contributed by atoms with Gasteiger partial charge in [-0.05, 0) is 23.5 Å². The number of ether oxygens (including phenoxy) is 1. The van der Waals surface area contributed by atoms with Gasteiger partial charge in [-0.1, -0.05) is 38.1 Å². The van der Waals surface area contributed by atoms with Crippen LogP contribution in [0.4, 0.5) is 13.2 Å². The van der Waals surface area contributed by atoms with Crippen molar-refractivity contribution in [2.24, 2.45) is 0 Å². The highest BCUT2D eigenvalue weighted by atomic mass is 19.4. The predicted molar refractivity (Wildman–Crippen MR) is 67.0 cm³/mol. The van der Waals surface area contributed by atoms with E-state index in [0.29, 0.717) is 11.5 Å². The van der Waals surface area contributed by atoms with Gasteiger partial charge in [-0.15, -0.1) is 0 Å². The zero-order valence-corrected chi connectivity index (χ0v) is 11.1. The first-order valence-electron chi connectivity index (χ1n) is 6.26. The molecule has 0 heterocycles. The van der Waals surface area contributed by atoms with E-state index in [2.05, 4.69) is 18.6 Å². The van der Waals surface area contributed by atoms with Crippen LogP contribution in [0.3, 0.4) is 0 Å². The van der Waals surface area contributed by atoms with E-state index in [4.69, 9.17) is 0 Å². The maximum absolute atomic E-state index is 11.9. The molecule has 2 unspecified atom stereocenters. The van der Waals surface area contributed by atoms with E-state index in [-0.39, 0.29) is 6.61 Å². The number of rotatable bonds is 6. The van der Waals surface area contributed by atoms with Crippen molar-refractivity contribution < 1.29 is 23.0 Å². The summed E-state index contributed by atoms with van der Waals surface area (Å²) in [4.78, 5) is 0. The van der Waals surface area contributed by atoms with Gasteiger partial charge in [0, 0.05) is 0 Å². The van der Waals surface area contributed by atoms with Crippen LogP contribution in [-0.2, 0) is 4.74 Å². The van der Waals surface area contributed by atoms with Crippen molar-refractivity contribution in [3.63, 3.8) is 0 Å². The lowest BCUT2D eigenvalue weighted by Gasteiger charge is -2.14. The summed E-state index contributed by atoms with van der Waals surface area (Å²) in [5.41, 5.74) is 1.71. The van der Waals surface area contributed by atoms with E-state index < -0.39 is 18.9 Å². The molecule has 1 rings (SSSR count). The van der Waals surface area contributed by atoms with Crippen LogP contribution in [0, 0.1) is 0 Å². The van der Waals surface area contributed by atoms with E-state index in [1.165, 1.54) is 0 Å². The molecule has 0 amide bonds. The Morgan fingerprint density at radius 3 is 2.16 bits per heavy atom. The van der Waals surface area contributed by atoms with Gasteiger partial charge in [-0.3, -0.25) is 0 Å². The molecule has 0 saturated carbocycles. The maximum atomic E-state index is 11.9. The summed E-state index contributed by atoms with van der Waals surface area (Å²) < 4.78 is 40.1. The average molecular weight is 276 g/mol. The third-order valence-electron chi connectivity index (χ3n) is 3.04. The monoisotopic (exact) mass is 276 g/mol. The van der Waals surface area contributed by atoms with E-state index in [0.717, 1.165) is 12.0 Å². The fraction of sp³-hybridized carbons (Fsp3) is 0.571. The first kappa shape index (κ1) is 16.0.